The molecular formula is C13H17NO2. The summed E-state index contributed by atoms with van der Waals surface area (Å²) in [5.41, 5.74) is 7.83. The normalized spacial score (nSPS) is 24.4. The van der Waals surface area contributed by atoms with Gasteiger partial charge in [0.25, 0.3) is 0 Å². The van der Waals surface area contributed by atoms with E-state index in [1.165, 1.54) is 5.56 Å². The summed E-state index contributed by atoms with van der Waals surface area (Å²) in [5.74, 6) is 1.73. The van der Waals surface area contributed by atoms with Crippen molar-refractivity contribution in [2.45, 2.75) is 25.4 Å². The largest absolute Gasteiger partial charge is 0.490 e. The van der Waals surface area contributed by atoms with E-state index in [-0.39, 0.29) is 0 Å². The molecule has 2 N–H and O–H groups in total. The van der Waals surface area contributed by atoms with Gasteiger partial charge in [-0.25, -0.2) is 0 Å². The van der Waals surface area contributed by atoms with E-state index < -0.39 is 0 Å². The van der Waals surface area contributed by atoms with Gasteiger partial charge in [-0.3, -0.25) is 0 Å². The molecule has 3 rings (SSSR count). The van der Waals surface area contributed by atoms with Crippen molar-refractivity contribution >= 4 is 5.69 Å². The summed E-state index contributed by atoms with van der Waals surface area (Å²) in [5, 5.41) is 0. The molecule has 1 atom stereocenters. The molecule has 0 aliphatic carbocycles. The van der Waals surface area contributed by atoms with Crippen molar-refractivity contribution in [2.75, 3.05) is 18.9 Å². The molecule has 2 aliphatic heterocycles. The molecule has 2 heterocycles. The molecule has 0 radical (unpaired) electrons. The first-order valence-electron chi connectivity index (χ1n) is 5.94. The number of aryl methyl sites for hydroxylation is 1. The zero-order chi connectivity index (χ0) is 11.0. The molecule has 1 aromatic carbocycles. The first kappa shape index (κ1) is 9.97. The van der Waals surface area contributed by atoms with Crippen LogP contribution in [0, 0.1) is 5.92 Å². The summed E-state index contributed by atoms with van der Waals surface area (Å²) < 4.78 is 11.2. The summed E-state index contributed by atoms with van der Waals surface area (Å²) in [6.07, 6.45) is 3.68. The zero-order valence-corrected chi connectivity index (χ0v) is 9.32. The molecule has 3 nitrogen and oxygen atoms in total. The number of ether oxygens (including phenoxy) is 2. The second kappa shape index (κ2) is 3.98. The lowest BCUT2D eigenvalue weighted by molar-refractivity contribution is -0.0516. The Balaban J connectivity index is 1.68. The number of nitrogens with two attached hydrogens (primary N) is 1. The SMILES string of the molecule is Nc1ccc2c(c1)CC[C@H](CC1COC1)O2. The van der Waals surface area contributed by atoms with E-state index >= 15 is 0 Å². The minimum absolute atomic E-state index is 0.366. The third-order valence-corrected chi connectivity index (χ3v) is 3.42. The molecule has 3 heteroatoms. The van der Waals surface area contributed by atoms with Crippen molar-refractivity contribution in [2.24, 2.45) is 5.92 Å². The van der Waals surface area contributed by atoms with Crippen LogP contribution < -0.4 is 10.5 Å². The Morgan fingerprint density at radius 1 is 1.31 bits per heavy atom. The van der Waals surface area contributed by atoms with E-state index in [4.69, 9.17) is 15.2 Å². The molecule has 0 aromatic heterocycles. The number of rotatable bonds is 2. The van der Waals surface area contributed by atoms with Gasteiger partial charge in [-0.2, -0.15) is 0 Å². The summed E-state index contributed by atoms with van der Waals surface area (Å²) in [6.45, 7) is 1.82. The van der Waals surface area contributed by atoms with Crippen molar-refractivity contribution in [3.63, 3.8) is 0 Å². The summed E-state index contributed by atoms with van der Waals surface area (Å²) in [7, 11) is 0. The molecule has 86 valence electrons. The average molecular weight is 219 g/mol. The Morgan fingerprint density at radius 3 is 2.94 bits per heavy atom. The maximum Gasteiger partial charge on any atom is 0.123 e. The second-order valence-corrected chi connectivity index (χ2v) is 4.78. The lowest BCUT2D eigenvalue weighted by Crippen LogP contribution is -2.34. The van der Waals surface area contributed by atoms with Crippen molar-refractivity contribution < 1.29 is 9.47 Å². The van der Waals surface area contributed by atoms with Crippen LogP contribution in [0.15, 0.2) is 18.2 Å². The van der Waals surface area contributed by atoms with Crippen LogP contribution in [0.25, 0.3) is 0 Å². The van der Waals surface area contributed by atoms with Crippen LogP contribution in [0.1, 0.15) is 18.4 Å². The molecule has 1 fully saturated rings. The Hall–Kier alpha value is -1.22. The standard InChI is InChI=1S/C13H17NO2/c14-11-2-4-13-10(6-11)1-3-12(16-13)5-9-7-15-8-9/h2,4,6,9,12H,1,3,5,7-8,14H2/t12-/m1/s1. The summed E-state index contributed by atoms with van der Waals surface area (Å²) >= 11 is 0. The molecule has 0 bridgehead atoms. The highest BCUT2D eigenvalue weighted by molar-refractivity contribution is 5.48. The Morgan fingerprint density at radius 2 is 2.19 bits per heavy atom. The van der Waals surface area contributed by atoms with Crippen LogP contribution in [0.5, 0.6) is 5.75 Å². The predicted octanol–water partition coefficient (Wildman–Crippen LogP) is 2.00. The van der Waals surface area contributed by atoms with Crippen molar-refractivity contribution in [3.8, 4) is 5.75 Å². The van der Waals surface area contributed by atoms with E-state index in [9.17, 15) is 0 Å². The molecule has 0 unspecified atom stereocenters. The molecule has 1 aromatic rings. The van der Waals surface area contributed by atoms with Gasteiger partial charge in [-0.05, 0) is 43.0 Å². The number of nitrogen functional groups attached to an aromatic ring is 1. The van der Waals surface area contributed by atoms with E-state index in [1.807, 2.05) is 18.2 Å². The molecule has 1 saturated heterocycles. The molecule has 2 aliphatic rings. The van der Waals surface area contributed by atoms with Gasteiger partial charge in [0, 0.05) is 11.6 Å². The molecule has 16 heavy (non-hydrogen) atoms. The monoisotopic (exact) mass is 219 g/mol. The third-order valence-electron chi connectivity index (χ3n) is 3.42. The van der Waals surface area contributed by atoms with Gasteiger partial charge in [0.15, 0.2) is 0 Å². The van der Waals surface area contributed by atoms with E-state index in [2.05, 4.69) is 0 Å². The van der Waals surface area contributed by atoms with Crippen molar-refractivity contribution in [1.29, 1.82) is 0 Å². The number of fused-ring (bicyclic) bond motifs is 1. The quantitative estimate of drug-likeness (QED) is 0.774. The fraction of sp³-hybridized carbons (Fsp3) is 0.538. The molecule has 0 amide bonds. The van der Waals surface area contributed by atoms with Crippen LogP contribution in [0.3, 0.4) is 0 Å². The highest BCUT2D eigenvalue weighted by Crippen LogP contribution is 2.32. The summed E-state index contributed by atoms with van der Waals surface area (Å²) in [6, 6.07) is 5.93. The molecule has 0 saturated carbocycles. The highest BCUT2D eigenvalue weighted by atomic mass is 16.5. The van der Waals surface area contributed by atoms with Gasteiger partial charge in [0.1, 0.15) is 5.75 Å². The van der Waals surface area contributed by atoms with Crippen molar-refractivity contribution in [1.82, 2.24) is 0 Å². The lowest BCUT2D eigenvalue weighted by atomic mass is 9.93. The first-order chi connectivity index (χ1) is 7.81. The fourth-order valence-corrected chi connectivity index (χ4v) is 2.42. The van der Waals surface area contributed by atoms with E-state index in [1.54, 1.807) is 0 Å². The van der Waals surface area contributed by atoms with Gasteiger partial charge in [0.2, 0.25) is 0 Å². The van der Waals surface area contributed by atoms with Crippen LogP contribution in [-0.2, 0) is 11.2 Å². The molecular weight excluding hydrogens is 202 g/mol. The Bertz CT molecular complexity index is 388. The number of hydrogen-bond acceptors (Lipinski definition) is 3. The maximum absolute atomic E-state index is 5.98. The zero-order valence-electron chi connectivity index (χ0n) is 9.32. The minimum Gasteiger partial charge on any atom is -0.490 e. The third kappa shape index (κ3) is 1.87. The lowest BCUT2D eigenvalue weighted by Gasteiger charge is -2.32. The van der Waals surface area contributed by atoms with E-state index in [0.717, 1.165) is 43.9 Å². The fourth-order valence-electron chi connectivity index (χ4n) is 2.42. The second-order valence-electron chi connectivity index (χ2n) is 4.78. The Kier molecular flexibility index (Phi) is 2.48. The summed E-state index contributed by atoms with van der Waals surface area (Å²) in [4.78, 5) is 0. The Labute approximate surface area is 95.5 Å². The van der Waals surface area contributed by atoms with Crippen molar-refractivity contribution in [3.05, 3.63) is 23.8 Å². The van der Waals surface area contributed by atoms with Crippen LogP contribution in [0.4, 0.5) is 5.69 Å². The van der Waals surface area contributed by atoms with Crippen LogP contribution in [0.2, 0.25) is 0 Å². The van der Waals surface area contributed by atoms with Crippen LogP contribution >= 0.6 is 0 Å². The average Bonchev–Trinajstić information content (AvgIpc) is 2.23. The number of benzene rings is 1. The van der Waals surface area contributed by atoms with Gasteiger partial charge in [-0.15, -0.1) is 0 Å². The smallest absolute Gasteiger partial charge is 0.123 e. The van der Waals surface area contributed by atoms with Gasteiger partial charge < -0.3 is 15.2 Å². The minimum atomic E-state index is 0.366. The van der Waals surface area contributed by atoms with Gasteiger partial charge in [-0.1, -0.05) is 0 Å². The predicted molar refractivity (Wildman–Crippen MR) is 62.5 cm³/mol. The highest BCUT2D eigenvalue weighted by Gasteiger charge is 2.26. The number of anilines is 1. The van der Waals surface area contributed by atoms with Gasteiger partial charge in [0.05, 0.1) is 19.3 Å². The van der Waals surface area contributed by atoms with Crippen LogP contribution in [-0.4, -0.2) is 19.3 Å². The van der Waals surface area contributed by atoms with E-state index in [0.29, 0.717) is 12.0 Å². The molecule has 0 spiro atoms. The van der Waals surface area contributed by atoms with Gasteiger partial charge >= 0.3 is 0 Å². The number of hydrogen-bond donors (Lipinski definition) is 1. The maximum atomic E-state index is 5.98. The topological polar surface area (TPSA) is 44.5 Å². The first-order valence-corrected chi connectivity index (χ1v) is 5.94.